The summed E-state index contributed by atoms with van der Waals surface area (Å²) in [6.07, 6.45) is 0. The second kappa shape index (κ2) is 6.99. The zero-order valence-electron chi connectivity index (χ0n) is 16.1. The minimum atomic E-state index is -0.583. The van der Waals surface area contributed by atoms with E-state index in [0.29, 0.717) is 26.1 Å². The molecule has 5 aromatic rings. The number of thiophene rings is 1. The van der Waals surface area contributed by atoms with Crippen LogP contribution in [0.4, 0.5) is 5.69 Å². The van der Waals surface area contributed by atoms with E-state index >= 15 is 0 Å². The van der Waals surface area contributed by atoms with Gasteiger partial charge in [-0.1, -0.05) is 30.3 Å². The molecule has 5 rings (SSSR count). The van der Waals surface area contributed by atoms with Crippen molar-refractivity contribution in [3.63, 3.8) is 0 Å². The smallest absolute Gasteiger partial charge is 0.305 e. The average molecular weight is 430 g/mol. The monoisotopic (exact) mass is 430 g/mol. The summed E-state index contributed by atoms with van der Waals surface area (Å²) in [6, 6.07) is 15.9. The van der Waals surface area contributed by atoms with E-state index in [2.05, 4.69) is 9.97 Å². The van der Waals surface area contributed by atoms with Crippen molar-refractivity contribution in [3.05, 3.63) is 91.1 Å². The van der Waals surface area contributed by atoms with Gasteiger partial charge < -0.3 is 4.98 Å². The molecule has 0 fully saturated rings. The molecule has 0 aliphatic rings. The Hall–Kier alpha value is -4.11. The Morgan fingerprint density at radius 1 is 0.968 bits per heavy atom. The molecular weight excluding hydrogens is 416 g/mol. The Morgan fingerprint density at radius 3 is 2.35 bits per heavy atom. The van der Waals surface area contributed by atoms with Gasteiger partial charge in [0.05, 0.1) is 16.1 Å². The van der Waals surface area contributed by atoms with Gasteiger partial charge in [-0.2, -0.15) is 0 Å². The van der Waals surface area contributed by atoms with Crippen LogP contribution in [0.15, 0.2) is 64.2 Å². The lowest BCUT2D eigenvalue weighted by molar-refractivity contribution is -0.384. The summed E-state index contributed by atoms with van der Waals surface area (Å²) in [4.78, 5) is 45.4. The quantitative estimate of drug-likeness (QED) is 0.325. The molecule has 0 atom stereocenters. The second-order valence-electron chi connectivity index (χ2n) is 7.03. The molecule has 2 N–H and O–H groups in total. The number of benzene rings is 2. The van der Waals surface area contributed by atoms with Gasteiger partial charge in [0, 0.05) is 28.6 Å². The van der Waals surface area contributed by atoms with Crippen LogP contribution in [0.5, 0.6) is 0 Å². The lowest BCUT2D eigenvalue weighted by Gasteiger charge is -2.14. The number of nitro benzene ring substituents is 1. The third-order valence-electron chi connectivity index (χ3n) is 5.18. The highest BCUT2D eigenvalue weighted by Crippen LogP contribution is 2.41. The van der Waals surface area contributed by atoms with E-state index in [4.69, 9.17) is 4.98 Å². The molecule has 0 saturated carbocycles. The average Bonchev–Trinajstić information content (AvgIpc) is 3.13. The molecule has 8 nitrogen and oxygen atoms in total. The first-order chi connectivity index (χ1) is 14.9. The normalized spacial score (nSPS) is 11.3. The summed E-state index contributed by atoms with van der Waals surface area (Å²) in [5, 5.41) is 11.8. The van der Waals surface area contributed by atoms with Crippen molar-refractivity contribution in [1.29, 1.82) is 0 Å². The molecule has 9 heteroatoms. The van der Waals surface area contributed by atoms with Gasteiger partial charge >= 0.3 is 5.69 Å². The maximum atomic E-state index is 12.3. The van der Waals surface area contributed by atoms with Crippen LogP contribution in [0.2, 0.25) is 0 Å². The maximum absolute atomic E-state index is 12.3. The third-order valence-corrected chi connectivity index (χ3v) is 6.26. The minimum absolute atomic E-state index is 0.00597. The lowest BCUT2D eigenvalue weighted by atomic mass is 9.93. The van der Waals surface area contributed by atoms with E-state index in [-0.39, 0.29) is 5.69 Å². The molecule has 0 spiro atoms. The van der Waals surface area contributed by atoms with Crippen molar-refractivity contribution in [3.8, 4) is 22.4 Å². The number of hydrogen-bond donors (Lipinski definition) is 2. The summed E-state index contributed by atoms with van der Waals surface area (Å²) < 4.78 is 0.394. The van der Waals surface area contributed by atoms with Crippen LogP contribution in [0.1, 0.15) is 5.56 Å². The highest BCUT2D eigenvalue weighted by molar-refractivity contribution is 7.25. The first-order valence-corrected chi connectivity index (χ1v) is 10.2. The van der Waals surface area contributed by atoms with E-state index in [1.165, 1.54) is 23.5 Å². The number of pyridine rings is 1. The van der Waals surface area contributed by atoms with Crippen LogP contribution in [-0.2, 0) is 0 Å². The molecule has 0 aliphatic carbocycles. The van der Waals surface area contributed by atoms with E-state index in [9.17, 15) is 19.7 Å². The summed E-state index contributed by atoms with van der Waals surface area (Å²) in [5.41, 5.74) is 3.34. The minimum Gasteiger partial charge on any atom is -0.305 e. The summed E-state index contributed by atoms with van der Waals surface area (Å²) in [6.45, 7) is 1.90. The van der Waals surface area contributed by atoms with Crippen molar-refractivity contribution in [2.45, 2.75) is 6.92 Å². The Kier molecular flexibility index (Phi) is 4.26. The van der Waals surface area contributed by atoms with E-state index in [1.54, 1.807) is 12.1 Å². The fraction of sp³-hybridized carbons (Fsp3) is 0.0455. The highest BCUT2D eigenvalue weighted by atomic mass is 32.1. The maximum Gasteiger partial charge on any atom is 0.326 e. The SMILES string of the molecule is Cc1c(-c2ccc([N+](=O)[O-])cc2)c(-c2ccccc2)nc2sc3c(=O)[nH]c(=O)[nH]c3c12. The molecular formula is C22H14N4O4S. The number of nitro groups is 1. The van der Waals surface area contributed by atoms with Gasteiger partial charge in [-0.05, 0) is 30.2 Å². The van der Waals surface area contributed by atoms with Gasteiger partial charge in [0.2, 0.25) is 0 Å². The molecule has 3 heterocycles. The molecule has 0 radical (unpaired) electrons. The number of fused-ring (bicyclic) bond motifs is 3. The number of aromatic nitrogens is 3. The second-order valence-corrected chi connectivity index (χ2v) is 8.02. The van der Waals surface area contributed by atoms with E-state index < -0.39 is 16.2 Å². The first-order valence-electron chi connectivity index (χ1n) is 9.33. The van der Waals surface area contributed by atoms with Gasteiger partial charge in [-0.3, -0.25) is 19.9 Å². The predicted molar refractivity (Wildman–Crippen MR) is 121 cm³/mol. The van der Waals surface area contributed by atoms with Crippen LogP contribution >= 0.6 is 11.3 Å². The molecule has 0 bridgehead atoms. The molecule has 31 heavy (non-hydrogen) atoms. The fourth-order valence-electron chi connectivity index (χ4n) is 3.80. The predicted octanol–water partition coefficient (Wildman–Crippen LogP) is 4.38. The topological polar surface area (TPSA) is 122 Å². The lowest BCUT2D eigenvalue weighted by Crippen LogP contribution is -2.20. The van der Waals surface area contributed by atoms with Gasteiger partial charge in [0.25, 0.3) is 11.2 Å². The van der Waals surface area contributed by atoms with Crippen LogP contribution < -0.4 is 11.2 Å². The summed E-state index contributed by atoms with van der Waals surface area (Å²) in [7, 11) is 0. The number of rotatable bonds is 3. The van der Waals surface area contributed by atoms with E-state index in [0.717, 1.165) is 22.3 Å². The molecule has 0 aliphatic heterocycles. The molecule has 152 valence electrons. The Labute approximate surface area is 178 Å². The Morgan fingerprint density at radius 2 is 1.68 bits per heavy atom. The van der Waals surface area contributed by atoms with Crippen LogP contribution in [-0.4, -0.2) is 19.9 Å². The number of non-ortho nitro benzene ring substituents is 1. The highest BCUT2D eigenvalue weighted by Gasteiger charge is 2.21. The number of aromatic amines is 2. The first kappa shape index (κ1) is 18.9. The fourth-order valence-corrected chi connectivity index (χ4v) is 4.88. The van der Waals surface area contributed by atoms with Gasteiger partial charge in [-0.15, -0.1) is 11.3 Å². The number of nitrogens with zero attached hydrogens (tertiary/aromatic N) is 2. The zero-order valence-corrected chi connectivity index (χ0v) is 16.9. The van der Waals surface area contributed by atoms with Crippen LogP contribution in [0.3, 0.4) is 0 Å². The third kappa shape index (κ3) is 3.03. The molecule has 0 amide bonds. The number of aryl methyl sites for hydroxylation is 1. The number of hydrogen-bond acceptors (Lipinski definition) is 6. The van der Waals surface area contributed by atoms with Gasteiger partial charge in [-0.25, -0.2) is 9.78 Å². The Balaban J connectivity index is 1.92. The van der Waals surface area contributed by atoms with Crippen molar-refractivity contribution in [2.75, 3.05) is 0 Å². The van der Waals surface area contributed by atoms with Crippen molar-refractivity contribution >= 4 is 37.5 Å². The van der Waals surface area contributed by atoms with Gasteiger partial charge in [0.15, 0.2) is 0 Å². The van der Waals surface area contributed by atoms with Crippen molar-refractivity contribution in [1.82, 2.24) is 15.0 Å². The standard InChI is InChI=1S/C22H14N4O4S/c1-11-15(12-7-9-14(10-8-12)26(29)30)17(13-5-3-2-4-6-13)23-21-16(11)18-19(31-21)20(27)25-22(28)24-18/h2-10H,1H3,(H2,24,25,27,28). The molecule has 3 aromatic heterocycles. The summed E-state index contributed by atoms with van der Waals surface area (Å²) in [5.74, 6) is 0. The van der Waals surface area contributed by atoms with Crippen molar-refractivity contribution in [2.24, 2.45) is 0 Å². The molecule has 0 saturated heterocycles. The van der Waals surface area contributed by atoms with Crippen molar-refractivity contribution < 1.29 is 4.92 Å². The largest absolute Gasteiger partial charge is 0.326 e. The Bertz CT molecular complexity index is 1600. The number of H-pyrrole nitrogens is 2. The number of nitrogens with one attached hydrogen (secondary N) is 2. The van der Waals surface area contributed by atoms with Crippen LogP contribution in [0, 0.1) is 17.0 Å². The molecule has 2 aromatic carbocycles. The molecule has 0 unspecified atom stereocenters. The van der Waals surface area contributed by atoms with Gasteiger partial charge in [0.1, 0.15) is 9.53 Å². The zero-order chi connectivity index (χ0) is 21.7. The van der Waals surface area contributed by atoms with Crippen LogP contribution in [0.25, 0.3) is 42.8 Å². The van der Waals surface area contributed by atoms with E-state index in [1.807, 2.05) is 37.3 Å². The summed E-state index contributed by atoms with van der Waals surface area (Å²) >= 11 is 1.22.